The summed E-state index contributed by atoms with van der Waals surface area (Å²) in [6, 6.07) is 8.21. The molecule has 1 amide bonds. The summed E-state index contributed by atoms with van der Waals surface area (Å²) in [5, 5.41) is 13.0. The van der Waals surface area contributed by atoms with Gasteiger partial charge in [-0.25, -0.2) is 0 Å². The lowest BCUT2D eigenvalue weighted by Gasteiger charge is -2.25. The van der Waals surface area contributed by atoms with Gasteiger partial charge in [0.25, 0.3) is 0 Å². The van der Waals surface area contributed by atoms with Crippen LogP contribution in [0.5, 0.6) is 0 Å². The molecule has 1 atom stereocenters. The van der Waals surface area contributed by atoms with E-state index < -0.39 is 6.10 Å². The zero-order valence-electron chi connectivity index (χ0n) is 13.7. The molecule has 4 nitrogen and oxygen atoms in total. The van der Waals surface area contributed by atoms with Gasteiger partial charge in [0.05, 0.1) is 0 Å². The van der Waals surface area contributed by atoms with Gasteiger partial charge in [-0.2, -0.15) is 0 Å². The van der Waals surface area contributed by atoms with Gasteiger partial charge in [0.1, 0.15) is 6.10 Å². The number of carbonyl (C=O) groups excluding carboxylic acids is 1. The van der Waals surface area contributed by atoms with Gasteiger partial charge in [0, 0.05) is 13.1 Å². The SMILES string of the molecule is CN(C)Cc1cccc(CNC(=O)C(O)C2CCCCC2)c1. The molecule has 0 spiro atoms. The van der Waals surface area contributed by atoms with Crippen LogP contribution >= 0.6 is 0 Å². The average molecular weight is 304 g/mol. The molecule has 1 saturated carbocycles. The number of benzene rings is 1. The van der Waals surface area contributed by atoms with Crippen molar-refractivity contribution in [2.45, 2.75) is 51.3 Å². The third-order valence-electron chi connectivity index (χ3n) is 4.32. The summed E-state index contributed by atoms with van der Waals surface area (Å²) in [5.41, 5.74) is 2.30. The molecular formula is C18H28N2O2. The Morgan fingerprint density at radius 1 is 1.27 bits per heavy atom. The van der Waals surface area contributed by atoms with Crippen LogP contribution in [0.25, 0.3) is 0 Å². The van der Waals surface area contributed by atoms with Crippen LogP contribution in [-0.2, 0) is 17.9 Å². The average Bonchev–Trinajstić information content (AvgIpc) is 2.52. The number of hydrogen-bond donors (Lipinski definition) is 2. The monoisotopic (exact) mass is 304 g/mol. The fraction of sp³-hybridized carbons (Fsp3) is 0.611. The third kappa shape index (κ3) is 5.11. The van der Waals surface area contributed by atoms with Crippen LogP contribution in [0.4, 0.5) is 0 Å². The second-order valence-corrected chi connectivity index (χ2v) is 6.62. The van der Waals surface area contributed by atoms with Crippen molar-refractivity contribution in [2.75, 3.05) is 14.1 Å². The van der Waals surface area contributed by atoms with Gasteiger partial charge in [-0.1, -0.05) is 43.5 Å². The highest BCUT2D eigenvalue weighted by atomic mass is 16.3. The maximum Gasteiger partial charge on any atom is 0.249 e. The first-order valence-electron chi connectivity index (χ1n) is 8.24. The minimum Gasteiger partial charge on any atom is -0.383 e. The van der Waals surface area contributed by atoms with Gasteiger partial charge in [-0.3, -0.25) is 4.79 Å². The van der Waals surface area contributed by atoms with Crippen LogP contribution in [-0.4, -0.2) is 36.1 Å². The quantitative estimate of drug-likeness (QED) is 0.848. The molecule has 0 heterocycles. The number of nitrogens with one attached hydrogen (secondary N) is 1. The molecule has 22 heavy (non-hydrogen) atoms. The predicted octanol–water partition coefficient (Wildman–Crippen LogP) is 2.31. The molecule has 122 valence electrons. The lowest BCUT2D eigenvalue weighted by Crippen LogP contribution is -2.39. The Labute approximate surface area is 133 Å². The minimum absolute atomic E-state index is 0.133. The third-order valence-corrected chi connectivity index (χ3v) is 4.32. The van der Waals surface area contributed by atoms with Crippen molar-refractivity contribution < 1.29 is 9.90 Å². The lowest BCUT2D eigenvalue weighted by atomic mass is 9.85. The first-order valence-corrected chi connectivity index (χ1v) is 8.24. The van der Waals surface area contributed by atoms with Crippen LogP contribution in [0, 0.1) is 5.92 Å². The summed E-state index contributed by atoms with van der Waals surface area (Å²) < 4.78 is 0. The van der Waals surface area contributed by atoms with Crippen molar-refractivity contribution in [3.05, 3.63) is 35.4 Å². The number of amides is 1. The standard InChI is InChI=1S/C18H28N2O2/c1-20(2)13-15-8-6-7-14(11-15)12-19-18(22)17(21)16-9-4-3-5-10-16/h6-8,11,16-17,21H,3-5,9-10,12-13H2,1-2H3,(H,19,22). The number of rotatable bonds is 6. The van der Waals surface area contributed by atoms with E-state index in [0.717, 1.165) is 37.8 Å². The van der Waals surface area contributed by atoms with Gasteiger partial charge >= 0.3 is 0 Å². The lowest BCUT2D eigenvalue weighted by molar-refractivity contribution is -0.132. The Kier molecular flexibility index (Phi) is 6.40. The van der Waals surface area contributed by atoms with Crippen molar-refractivity contribution in [1.29, 1.82) is 0 Å². The van der Waals surface area contributed by atoms with Crippen molar-refractivity contribution in [2.24, 2.45) is 5.92 Å². The molecule has 1 aromatic rings. The second kappa shape index (κ2) is 8.30. The predicted molar refractivity (Wildman–Crippen MR) is 88.3 cm³/mol. The largest absolute Gasteiger partial charge is 0.383 e. The van der Waals surface area contributed by atoms with Gasteiger partial charge in [-0.15, -0.1) is 0 Å². The van der Waals surface area contributed by atoms with Crippen LogP contribution in [0.2, 0.25) is 0 Å². The summed E-state index contributed by atoms with van der Waals surface area (Å²) in [5.74, 6) is -0.0984. The molecule has 4 heteroatoms. The van der Waals surface area contributed by atoms with E-state index in [-0.39, 0.29) is 11.8 Å². The summed E-state index contributed by atoms with van der Waals surface area (Å²) >= 11 is 0. The van der Waals surface area contributed by atoms with Crippen molar-refractivity contribution >= 4 is 5.91 Å². The fourth-order valence-electron chi connectivity index (χ4n) is 3.16. The van der Waals surface area contributed by atoms with Gasteiger partial charge in [0.2, 0.25) is 5.91 Å². The summed E-state index contributed by atoms with van der Waals surface area (Å²) in [6.45, 7) is 1.36. The molecule has 1 fully saturated rings. The van der Waals surface area contributed by atoms with E-state index in [4.69, 9.17) is 0 Å². The summed E-state index contributed by atoms with van der Waals surface area (Å²) in [4.78, 5) is 14.2. The number of aliphatic hydroxyl groups excluding tert-OH is 1. The maximum atomic E-state index is 12.1. The van der Waals surface area contributed by atoms with Crippen LogP contribution in [0.1, 0.15) is 43.2 Å². The molecule has 0 radical (unpaired) electrons. The summed E-state index contributed by atoms with van der Waals surface area (Å²) in [7, 11) is 4.07. The molecular weight excluding hydrogens is 276 g/mol. The molecule has 1 aliphatic rings. The molecule has 1 aromatic carbocycles. The molecule has 2 N–H and O–H groups in total. The highest BCUT2D eigenvalue weighted by Crippen LogP contribution is 2.26. The second-order valence-electron chi connectivity index (χ2n) is 6.62. The van der Waals surface area contributed by atoms with E-state index in [1.54, 1.807) is 0 Å². The molecule has 1 unspecified atom stereocenters. The first-order chi connectivity index (χ1) is 10.6. The highest BCUT2D eigenvalue weighted by molar-refractivity contribution is 5.80. The maximum absolute atomic E-state index is 12.1. The number of hydrogen-bond acceptors (Lipinski definition) is 3. The van der Waals surface area contributed by atoms with E-state index in [0.29, 0.717) is 6.54 Å². The Balaban J connectivity index is 1.85. The topological polar surface area (TPSA) is 52.6 Å². The van der Waals surface area contributed by atoms with E-state index in [1.165, 1.54) is 12.0 Å². The Hall–Kier alpha value is -1.39. The Morgan fingerprint density at radius 2 is 1.95 bits per heavy atom. The van der Waals surface area contributed by atoms with Gasteiger partial charge in [-0.05, 0) is 44.0 Å². The van der Waals surface area contributed by atoms with E-state index in [2.05, 4.69) is 22.3 Å². The number of carbonyl (C=O) groups is 1. The molecule has 2 rings (SSSR count). The Morgan fingerprint density at radius 3 is 2.64 bits per heavy atom. The summed E-state index contributed by atoms with van der Waals surface area (Å²) in [6.07, 6.45) is 4.55. The smallest absolute Gasteiger partial charge is 0.249 e. The van der Waals surface area contributed by atoms with Crippen LogP contribution in [0.3, 0.4) is 0 Å². The minimum atomic E-state index is -0.856. The number of nitrogens with zero attached hydrogens (tertiary/aromatic N) is 1. The first kappa shape index (κ1) is 17.0. The molecule has 0 bridgehead atoms. The zero-order chi connectivity index (χ0) is 15.9. The molecule has 0 aromatic heterocycles. The zero-order valence-corrected chi connectivity index (χ0v) is 13.7. The van der Waals surface area contributed by atoms with E-state index >= 15 is 0 Å². The van der Waals surface area contributed by atoms with Crippen molar-refractivity contribution in [1.82, 2.24) is 10.2 Å². The van der Waals surface area contributed by atoms with Crippen LogP contribution in [0.15, 0.2) is 24.3 Å². The molecule has 1 aliphatic carbocycles. The molecule has 0 aliphatic heterocycles. The highest BCUT2D eigenvalue weighted by Gasteiger charge is 2.27. The molecule has 0 saturated heterocycles. The van der Waals surface area contributed by atoms with Crippen molar-refractivity contribution in [3.63, 3.8) is 0 Å². The Bertz CT molecular complexity index is 482. The number of aliphatic hydroxyl groups is 1. The van der Waals surface area contributed by atoms with Gasteiger partial charge < -0.3 is 15.3 Å². The van der Waals surface area contributed by atoms with Gasteiger partial charge in [0.15, 0.2) is 0 Å². The van der Waals surface area contributed by atoms with Crippen molar-refractivity contribution in [3.8, 4) is 0 Å². The van der Waals surface area contributed by atoms with E-state index in [1.807, 2.05) is 26.2 Å². The normalized spacial score (nSPS) is 17.5. The fourth-order valence-corrected chi connectivity index (χ4v) is 3.16. The van der Waals surface area contributed by atoms with Crippen LogP contribution < -0.4 is 5.32 Å². The van der Waals surface area contributed by atoms with E-state index in [9.17, 15) is 9.90 Å².